The topological polar surface area (TPSA) is 132 Å². The number of carboxylic acid groups (broad SMARTS) is 1. The molecule has 0 saturated carbocycles. The van der Waals surface area contributed by atoms with E-state index in [2.05, 4.69) is 5.32 Å². The zero-order valence-corrected chi connectivity index (χ0v) is 24.2. The number of aliphatic carboxylic acids is 1. The van der Waals surface area contributed by atoms with Gasteiger partial charge in [-0.3, -0.25) is 15.0 Å². The second-order valence-electron chi connectivity index (χ2n) is 11.6. The third-order valence-corrected chi connectivity index (χ3v) is 7.49. The lowest BCUT2D eigenvalue weighted by Gasteiger charge is -2.42. The number of carboxylic acids is 1. The third kappa shape index (κ3) is 5.10. The van der Waals surface area contributed by atoms with Crippen LogP contribution in [0.15, 0.2) is 24.3 Å². The van der Waals surface area contributed by atoms with Crippen LogP contribution in [-0.2, 0) is 16.8 Å². The maximum atomic E-state index is 13.7. The first-order chi connectivity index (χ1) is 18.7. The molecule has 10 heteroatoms. The molecule has 0 saturated heterocycles. The van der Waals surface area contributed by atoms with E-state index in [0.29, 0.717) is 60.2 Å². The van der Waals surface area contributed by atoms with E-state index in [0.717, 1.165) is 11.1 Å². The summed E-state index contributed by atoms with van der Waals surface area (Å²) in [6, 6.07) is 6.94. The third-order valence-electron chi connectivity index (χ3n) is 7.49. The van der Waals surface area contributed by atoms with Gasteiger partial charge in [0, 0.05) is 30.3 Å². The average Bonchev–Trinajstić information content (AvgIpc) is 3.19. The van der Waals surface area contributed by atoms with Gasteiger partial charge in [0.05, 0.1) is 30.9 Å². The van der Waals surface area contributed by atoms with Gasteiger partial charge in [0.15, 0.2) is 5.78 Å². The molecule has 10 nitrogen and oxygen atoms in total. The first-order valence-corrected chi connectivity index (χ1v) is 13.4. The van der Waals surface area contributed by atoms with Crippen molar-refractivity contribution >= 4 is 29.2 Å². The zero-order valence-electron chi connectivity index (χ0n) is 24.2. The summed E-state index contributed by atoms with van der Waals surface area (Å²) in [6.07, 6.45) is 0. The molecule has 2 aliphatic heterocycles. The molecule has 0 fully saturated rings. The van der Waals surface area contributed by atoms with Crippen LogP contribution >= 0.6 is 0 Å². The van der Waals surface area contributed by atoms with Gasteiger partial charge in [-0.1, -0.05) is 20.8 Å². The van der Waals surface area contributed by atoms with Crippen LogP contribution in [0.25, 0.3) is 0 Å². The van der Waals surface area contributed by atoms with Crippen molar-refractivity contribution in [3.8, 4) is 11.5 Å². The molecule has 0 aromatic heterocycles. The van der Waals surface area contributed by atoms with Crippen LogP contribution in [0.4, 0.5) is 5.69 Å². The SMILES string of the molecule is CCOc1cc2c(cc1C(=O)NC)C(=N)N(CC(=O)c1cc3c(c(C(C)(C)C)c1)OCCN3C(C)(C)C(=O)O)C2. The van der Waals surface area contributed by atoms with E-state index in [1.165, 1.54) is 7.05 Å². The molecular formula is C30H38N4O6. The summed E-state index contributed by atoms with van der Waals surface area (Å²) in [6.45, 7) is 12.5. The summed E-state index contributed by atoms with van der Waals surface area (Å²) in [5.74, 6) is -0.305. The van der Waals surface area contributed by atoms with Crippen molar-refractivity contribution in [1.29, 1.82) is 5.41 Å². The summed E-state index contributed by atoms with van der Waals surface area (Å²) in [5.41, 5.74) is 1.95. The van der Waals surface area contributed by atoms with E-state index in [1.807, 2.05) is 33.8 Å². The highest BCUT2D eigenvalue weighted by Gasteiger charge is 2.40. The summed E-state index contributed by atoms with van der Waals surface area (Å²) in [5, 5.41) is 21.3. The Morgan fingerprint density at radius 3 is 2.42 bits per heavy atom. The number of hydrogen-bond acceptors (Lipinski definition) is 7. The number of ketones is 1. The summed E-state index contributed by atoms with van der Waals surface area (Å²) < 4.78 is 11.7. The summed E-state index contributed by atoms with van der Waals surface area (Å²) in [7, 11) is 1.54. The zero-order chi connectivity index (χ0) is 29.6. The number of nitrogens with zero attached hydrogens (tertiary/aromatic N) is 2. The van der Waals surface area contributed by atoms with Gasteiger partial charge in [0.25, 0.3) is 5.91 Å². The van der Waals surface area contributed by atoms with Gasteiger partial charge < -0.3 is 29.7 Å². The van der Waals surface area contributed by atoms with Gasteiger partial charge in [-0.15, -0.1) is 0 Å². The molecule has 4 rings (SSSR count). The molecule has 40 heavy (non-hydrogen) atoms. The highest BCUT2D eigenvalue weighted by atomic mass is 16.5. The van der Waals surface area contributed by atoms with E-state index < -0.39 is 11.5 Å². The number of Topliss-reactive ketones (excluding diaryl/α,β-unsaturated/α-hetero) is 1. The standard InChI is InChI=1S/C30H38N4O6/c1-8-39-24-13-18-15-33(26(31)19(18)14-20(24)27(36)32-7)16-23(35)17-11-21(29(2,3)4)25-22(12-17)34(9-10-40-25)30(5,6)28(37)38/h11-14,31H,8-10,15-16H2,1-7H3,(H,32,36)(H,37,38). The maximum absolute atomic E-state index is 13.7. The first kappa shape index (κ1) is 28.9. The molecule has 3 N–H and O–H groups in total. The van der Waals surface area contributed by atoms with Crippen LogP contribution < -0.4 is 19.7 Å². The van der Waals surface area contributed by atoms with Crippen molar-refractivity contribution in [2.75, 3.05) is 38.3 Å². The Morgan fingerprint density at radius 1 is 1.12 bits per heavy atom. The summed E-state index contributed by atoms with van der Waals surface area (Å²) in [4.78, 5) is 41.8. The average molecular weight is 551 g/mol. The number of benzene rings is 2. The lowest BCUT2D eigenvalue weighted by molar-refractivity contribution is -0.142. The van der Waals surface area contributed by atoms with Crippen LogP contribution in [0.2, 0.25) is 0 Å². The molecule has 0 spiro atoms. The monoisotopic (exact) mass is 550 g/mol. The minimum Gasteiger partial charge on any atom is -0.493 e. The normalized spacial score (nSPS) is 14.8. The predicted octanol–water partition coefficient (Wildman–Crippen LogP) is 3.83. The number of hydrogen-bond donors (Lipinski definition) is 3. The summed E-state index contributed by atoms with van der Waals surface area (Å²) >= 11 is 0. The molecule has 2 aromatic carbocycles. The van der Waals surface area contributed by atoms with Crippen molar-refractivity contribution in [2.24, 2.45) is 0 Å². The van der Waals surface area contributed by atoms with Crippen molar-refractivity contribution < 1.29 is 29.0 Å². The Hall–Kier alpha value is -4.08. The van der Waals surface area contributed by atoms with E-state index in [1.54, 1.807) is 41.8 Å². The molecule has 2 heterocycles. The number of carbonyl (C=O) groups excluding carboxylic acids is 2. The van der Waals surface area contributed by atoms with Gasteiger partial charge in [-0.25, -0.2) is 4.79 Å². The van der Waals surface area contributed by atoms with Gasteiger partial charge in [-0.2, -0.15) is 0 Å². The Balaban J connectivity index is 1.70. The molecule has 0 atom stereocenters. The lowest BCUT2D eigenvalue weighted by Crippen LogP contribution is -2.53. The smallest absolute Gasteiger partial charge is 0.328 e. The van der Waals surface area contributed by atoms with Crippen LogP contribution in [0.5, 0.6) is 11.5 Å². The number of amidine groups is 1. The largest absolute Gasteiger partial charge is 0.493 e. The van der Waals surface area contributed by atoms with Gasteiger partial charge in [0.1, 0.15) is 29.5 Å². The molecule has 2 aromatic rings. The van der Waals surface area contributed by atoms with Gasteiger partial charge in [0.2, 0.25) is 0 Å². The highest BCUT2D eigenvalue weighted by molar-refractivity contribution is 6.08. The number of rotatable bonds is 8. The van der Waals surface area contributed by atoms with Crippen LogP contribution in [-0.4, -0.2) is 72.4 Å². The molecule has 0 unspecified atom stereocenters. The number of carbonyl (C=O) groups is 3. The predicted molar refractivity (Wildman–Crippen MR) is 152 cm³/mol. The molecular weight excluding hydrogens is 512 g/mol. The fourth-order valence-electron chi connectivity index (χ4n) is 5.15. The van der Waals surface area contributed by atoms with Crippen LogP contribution in [0, 0.1) is 5.41 Å². The molecule has 0 radical (unpaired) electrons. The minimum atomic E-state index is -1.21. The van der Waals surface area contributed by atoms with Crippen molar-refractivity contribution in [3.63, 3.8) is 0 Å². The second kappa shape index (κ2) is 10.5. The Kier molecular flexibility index (Phi) is 7.58. The molecule has 2 aliphatic rings. The highest BCUT2D eigenvalue weighted by Crippen LogP contribution is 2.44. The van der Waals surface area contributed by atoms with E-state index >= 15 is 0 Å². The second-order valence-corrected chi connectivity index (χ2v) is 11.6. The first-order valence-electron chi connectivity index (χ1n) is 13.4. The fraction of sp³-hybridized carbons (Fsp3) is 0.467. The Labute approximate surface area is 234 Å². The lowest BCUT2D eigenvalue weighted by atomic mass is 9.83. The van der Waals surface area contributed by atoms with Gasteiger partial charge in [-0.05, 0) is 56.0 Å². The number of ether oxygens (including phenoxy) is 2. The van der Waals surface area contributed by atoms with Gasteiger partial charge >= 0.3 is 5.97 Å². The number of anilines is 1. The maximum Gasteiger partial charge on any atom is 0.328 e. The molecule has 214 valence electrons. The minimum absolute atomic E-state index is 0.0572. The van der Waals surface area contributed by atoms with Crippen molar-refractivity contribution in [1.82, 2.24) is 10.2 Å². The van der Waals surface area contributed by atoms with E-state index in [9.17, 15) is 19.5 Å². The van der Waals surface area contributed by atoms with Crippen molar-refractivity contribution in [3.05, 3.63) is 52.1 Å². The van der Waals surface area contributed by atoms with E-state index in [4.69, 9.17) is 14.9 Å². The quantitative estimate of drug-likeness (QED) is 0.423. The molecule has 1 amide bonds. The molecule has 0 aliphatic carbocycles. The molecule has 0 bridgehead atoms. The fourth-order valence-corrected chi connectivity index (χ4v) is 5.15. The number of amides is 1. The van der Waals surface area contributed by atoms with Crippen LogP contribution in [0.3, 0.4) is 0 Å². The Morgan fingerprint density at radius 2 is 1.82 bits per heavy atom. The van der Waals surface area contributed by atoms with E-state index in [-0.39, 0.29) is 29.5 Å². The number of fused-ring (bicyclic) bond motifs is 2. The Bertz CT molecular complexity index is 1390. The van der Waals surface area contributed by atoms with Crippen molar-refractivity contribution in [2.45, 2.75) is 59.0 Å². The van der Waals surface area contributed by atoms with Crippen LogP contribution in [0.1, 0.15) is 78.9 Å². The number of nitrogens with one attached hydrogen (secondary N) is 2.